The quantitative estimate of drug-likeness (QED) is 0.722. The zero-order valence-electron chi connectivity index (χ0n) is 13.4. The number of hydrogen-bond donors (Lipinski definition) is 0. The second kappa shape index (κ2) is 7.77. The molecular formula is C21H23NO. The molecule has 2 aromatic carbocycles. The molecule has 0 heterocycles. The molecule has 1 saturated carbocycles. The summed E-state index contributed by atoms with van der Waals surface area (Å²) in [4.78, 5) is 14.8. The highest BCUT2D eigenvalue weighted by Gasteiger charge is 2.25. The minimum Gasteiger partial charge on any atom is -0.306 e. The third-order valence-corrected chi connectivity index (χ3v) is 4.43. The zero-order chi connectivity index (χ0) is 15.9. The Hall–Kier alpha value is -2.35. The fourth-order valence-electron chi connectivity index (χ4n) is 3.26. The number of para-hydroxylation sites is 1. The molecular weight excluding hydrogens is 282 g/mol. The Morgan fingerprint density at radius 1 is 0.870 bits per heavy atom. The Bertz CT molecular complexity index is 642. The maximum absolute atomic E-state index is 12.9. The van der Waals surface area contributed by atoms with Crippen LogP contribution in [-0.4, -0.2) is 11.9 Å². The lowest BCUT2D eigenvalue weighted by Crippen LogP contribution is -2.40. The molecule has 0 bridgehead atoms. The van der Waals surface area contributed by atoms with Crippen molar-refractivity contribution in [3.05, 3.63) is 72.3 Å². The van der Waals surface area contributed by atoms with Gasteiger partial charge >= 0.3 is 0 Å². The molecule has 0 unspecified atom stereocenters. The summed E-state index contributed by atoms with van der Waals surface area (Å²) in [5.74, 6) is 0.0759. The van der Waals surface area contributed by atoms with E-state index in [0.717, 1.165) is 24.1 Å². The first kappa shape index (κ1) is 15.5. The van der Waals surface area contributed by atoms with Crippen molar-refractivity contribution >= 4 is 17.7 Å². The van der Waals surface area contributed by atoms with E-state index in [-0.39, 0.29) is 5.91 Å². The molecule has 0 N–H and O–H groups in total. The van der Waals surface area contributed by atoms with Gasteiger partial charge in [-0.05, 0) is 36.6 Å². The smallest absolute Gasteiger partial charge is 0.251 e. The van der Waals surface area contributed by atoms with Gasteiger partial charge in [-0.3, -0.25) is 4.79 Å². The van der Waals surface area contributed by atoms with E-state index in [2.05, 4.69) is 0 Å². The third kappa shape index (κ3) is 4.10. The number of amides is 1. The van der Waals surface area contributed by atoms with Crippen LogP contribution in [0.25, 0.3) is 6.08 Å². The van der Waals surface area contributed by atoms with Crippen LogP contribution in [0.2, 0.25) is 0 Å². The normalized spacial score (nSPS) is 15.7. The molecule has 118 valence electrons. The van der Waals surface area contributed by atoms with Crippen LogP contribution in [0, 0.1) is 0 Å². The van der Waals surface area contributed by atoms with Crippen LogP contribution in [0.5, 0.6) is 0 Å². The van der Waals surface area contributed by atoms with Crippen molar-refractivity contribution < 1.29 is 4.79 Å². The maximum Gasteiger partial charge on any atom is 0.251 e. The number of nitrogens with zero attached hydrogens (tertiary/aromatic N) is 1. The van der Waals surface area contributed by atoms with Crippen molar-refractivity contribution in [3.8, 4) is 0 Å². The Morgan fingerprint density at radius 2 is 1.48 bits per heavy atom. The molecule has 23 heavy (non-hydrogen) atoms. The van der Waals surface area contributed by atoms with Crippen LogP contribution in [0.1, 0.15) is 37.7 Å². The lowest BCUT2D eigenvalue weighted by atomic mass is 9.93. The molecule has 0 saturated heterocycles. The van der Waals surface area contributed by atoms with E-state index in [1.165, 1.54) is 19.3 Å². The first-order valence-electron chi connectivity index (χ1n) is 8.46. The zero-order valence-corrected chi connectivity index (χ0v) is 13.4. The predicted molar refractivity (Wildman–Crippen MR) is 96.3 cm³/mol. The first-order valence-corrected chi connectivity index (χ1v) is 8.46. The molecule has 2 aromatic rings. The van der Waals surface area contributed by atoms with Crippen LogP contribution in [-0.2, 0) is 4.79 Å². The van der Waals surface area contributed by atoms with E-state index in [1.54, 1.807) is 6.08 Å². The van der Waals surface area contributed by atoms with Gasteiger partial charge in [-0.1, -0.05) is 67.8 Å². The third-order valence-electron chi connectivity index (χ3n) is 4.43. The monoisotopic (exact) mass is 305 g/mol. The van der Waals surface area contributed by atoms with Crippen molar-refractivity contribution in [2.24, 2.45) is 0 Å². The highest BCUT2D eigenvalue weighted by molar-refractivity contribution is 6.04. The van der Waals surface area contributed by atoms with Gasteiger partial charge in [-0.2, -0.15) is 0 Å². The lowest BCUT2D eigenvalue weighted by molar-refractivity contribution is -0.114. The summed E-state index contributed by atoms with van der Waals surface area (Å²) in [6, 6.07) is 20.4. The summed E-state index contributed by atoms with van der Waals surface area (Å²) in [7, 11) is 0. The summed E-state index contributed by atoms with van der Waals surface area (Å²) in [5, 5.41) is 0. The summed E-state index contributed by atoms with van der Waals surface area (Å²) >= 11 is 0. The van der Waals surface area contributed by atoms with Crippen molar-refractivity contribution in [1.82, 2.24) is 0 Å². The van der Waals surface area contributed by atoms with E-state index in [9.17, 15) is 4.79 Å². The van der Waals surface area contributed by atoms with Crippen LogP contribution in [0.4, 0.5) is 5.69 Å². The molecule has 2 nitrogen and oxygen atoms in total. The SMILES string of the molecule is O=C(/C=C/c1ccccc1)N(c1ccccc1)C1CCCCC1. The maximum atomic E-state index is 12.9. The van der Waals surface area contributed by atoms with Gasteiger partial charge in [0, 0.05) is 17.8 Å². The van der Waals surface area contributed by atoms with Gasteiger partial charge in [0.15, 0.2) is 0 Å². The van der Waals surface area contributed by atoms with Gasteiger partial charge < -0.3 is 4.90 Å². The summed E-state index contributed by atoms with van der Waals surface area (Å²) < 4.78 is 0. The minimum atomic E-state index is 0.0759. The molecule has 0 radical (unpaired) electrons. The highest BCUT2D eigenvalue weighted by atomic mass is 16.2. The van der Waals surface area contributed by atoms with E-state index >= 15 is 0 Å². The van der Waals surface area contributed by atoms with E-state index in [4.69, 9.17) is 0 Å². The number of rotatable bonds is 4. The van der Waals surface area contributed by atoms with Gasteiger partial charge in [0.1, 0.15) is 0 Å². The topological polar surface area (TPSA) is 20.3 Å². The molecule has 0 atom stereocenters. The number of anilines is 1. The lowest BCUT2D eigenvalue weighted by Gasteiger charge is -2.33. The van der Waals surface area contributed by atoms with Gasteiger partial charge in [0.05, 0.1) is 0 Å². The molecule has 0 spiro atoms. The second-order valence-electron chi connectivity index (χ2n) is 6.08. The van der Waals surface area contributed by atoms with E-state index in [1.807, 2.05) is 71.6 Å². The van der Waals surface area contributed by atoms with Crippen LogP contribution in [0.3, 0.4) is 0 Å². The first-order chi connectivity index (χ1) is 11.3. The Kier molecular flexibility index (Phi) is 5.25. The standard InChI is InChI=1S/C21H23NO/c23-21(17-16-18-10-4-1-5-11-18)22(19-12-6-2-7-13-19)20-14-8-3-9-15-20/h1-2,4-7,10-13,16-17,20H,3,8-9,14-15H2/b17-16+. The number of carbonyl (C=O) groups is 1. The van der Waals surface area contributed by atoms with Gasteiger partial charge in [-0.25, -0.2) is 0 Å². The predicted octanol–water partition coefficient (Wildman–Crippen LogP) is 5.07. The fraction of sp³-hybridized carbons (Fsp3) is 0.286. The summed E-state index contributed by atoms with van der Waals surface area (Å²) in [5.41, 5.74) is 2.06. The molecule has 0 aliphatic heterocycles. The van der Waals surface area contributed by atoms with Crippen molar-refractivity contribution in [3.63, 3.8) is 0 Å². The van der Waals surface area contributed by atoms with Crippen LogP contribution in [0.15, 0.2) is 66.7 Å². The molecule has 2 heteroatoms. The molecule has 1 aliphatic carbocycles. The molecule has 1 amide bonds. The number of hydrogen-bond acceptors (Lipinski definition) is 1. The summed E-state index contributed by atoms with van der Waals surface area (Å²) in [6.45, 7) is 0. The highest BCUT2D eigenvalue weighted by Crippen LogP contribution is 2.27. The van der Waals surface area contributed by atoms with Gasteiger partial charge in [0.2, 0.25) is 0 Å². The van der Waals surface area contributed by atoms with E-state index < -0.39 is 0 Å². The Morgan fingerprint density at radius 3 is 2.13 bits per heavy atom. The second-order valence-corrected chi connectivity index (χ2v) is 6.08. The van der Waals surface area contributed by atoms with Crippen molar-refractivity contribution in [1.29, 1.82) is 0 Å². The molecule has 0 aromatic heterocycles. The minimum absolute atomic E-state index is 0.0759. The molecule has 1 fully saturated rings. The molecule has 1 aliphatic rings. The average molecular weight is 305 g/mol. The Balaban J connectivity index is 1.82. The van der Waals surface area contributed by atoms with Gasteiger partial charge in [-0.15, -0.1) is 0 Å². The van der Waals surface area contributed by atoms with Crippen molar-refractivity contribution in [2.45, 2.75) is 38.1 Å². The molecule has 3 rings (SSSR count). The van der Waals surface area contributed by atoms with E-state index in [0.29, 0.717) is 6.04 Å². The van der Waals surface area contributed by atoms with Crippen LogP contribution < -0.4 is 4.90 Å². The van der Waals surface area contributed by atoms with Crippen molar-refractivity contribution in [2.75, 3.05) is 4.90 Å². The number of benzene rings is 2. The Labute approximate surface area is 138 Å². The fourth-order valence-corrected chi connectivity index (χ4v) is 3.26. The number of carbonyl (C=O) groups excluding carboxylic acids is 1. The van der Waals surface area contributed by atoms with Crippen LogP contribution >= 0.6 is 0 Å². The summed E-state index contributed by atoms with van der Waals surface area (Å²) in [6.07, 6.45) is 9.51. The largest absolute Gasteiger partial charge is 0.306 e. The average Bonchev–Trinajstić information content (AvgIpc) is 2.63. The van der Waals surface area contributed by atoms with Gasteiger partial charge in [0.25, 0.3) is 5.91 Å².